The predicted octanol–water partition coefficient (Wildman–Crippen LogP) is 3.54. The number of rotatable bonds is 2. The van der Waals surface area contributed by atoms with Gasteiger partial charge in [-0.1, -0.05) is 27.7 Å². The third-order valence-corrected chi connectivity index (χ3v) is 4.53. The molecule has 0 aliphatic carbocycles. The molecule has 1 aromatic heterocycles. The van der Waals surface area contributed by atoms with Crippen LogP contribution in [0.15, 0.2) is 26.6 Å². The SMILES string of the molecule is CSc1nc(-c2cc(F)c(I)cc2Br)c(C#N)c(=O)[nH]1. The number of H-pyrrole nitrogens is 1. The number of benzene rings is 1. The van der Waals surface area contributed by atoms with E-state index in [9.17, 15) is 9.18 Å². The van der Waals surface area contributed by atoms with Gasteiger partial charge < -0.3 is 4.98 Å². The van der Waals surface area contributed by atoms with Crippen molar-refractivity contribution >= 4 is 50.3 Å². The van der Waals surface area contributed by atoms with Crippen molar-refractivity contribution in [1.29, 1.82) is 5.26 Å². The van der Waals surface area contributed by atoms with Gasteiger partial charge in [0, 0.05) is 13.6 Å². The smallest absolute Gasteiger partial charge is 0.270 e. The minimum absolute atomic E-state index is 0.135. The first-order valence-electron chi connectivity index (χ1n) is 5.21. The molecular formula is C12H6BrFIN3OS. The van der Waals surface area contributed by atoms with Crippen LogP contribution in [0.1, 0.15) is 5.56 Å². The van der Waals surface area contributed by atoms with E-state index >= 15 is 0 Å². The zero-order chi connectivity index (χ0) is 14.9. The maximum absolute atomic E-state index is 13.7. The van der Waals surface area contributed by atoms with Crippen LogP contribution in [0.25, 0.3) is 11.3 Å². The predicted molar refractivity (Wildman–Crippen MR) is 87.2 cm³/mol. The Hall–Kier alpha value is -0.920. The van der Waals surface area contributed by atoms with Crippen LogP contribution in [0.4, 0.5) is 4.39 Å². The molecule has 8 heteroatoms. The number of hydrogen-bond donors (Lipinski definition) is 1. The summed E-state index contributed by atoms with van der Waals surface area (Å²) in [6.07, 6.45) is 1.75. The fraction of sp³-hybridized carbons (Fsp3) is 0.0833. The number of nitriles is 1. The summed E-state index contributed by atoms with van der Waals surface area (Å²) in [6.45, 7) is 0. The van der Waals surface area contributed by atoms with Crippen LogP contribution in [-0.4, -0.2) is 16.2 Å². The fourth-order valence-electron chi connectivity index (χ4n) is 1.55. The first kappa shape index (κ1) is 15.5. The van der Waals surface area contributed by atoms with Gasteiger partial charge in [0.1, 0.15) is 17.4 Å². The lowest BCUT2D eigenvalue weighted by molar-refractivity contribution is 0.620. The molecule has 0 fully saturated rings. The Kier molecular flexibility index (Phi) is 4.82. The molecule has 0 atom stereocenters. The molecule has 0 spiro atoms. The molecule has 1 heterocycles. The van der Waals surface area contributed by atoms with Crippen LogP contribution in [0.5, 0.6) is 0 Å². The van der Waals surface area contributed by atoms with Crippen molar-refractivity contribution in [3.8, 4) is 17.3 Å². The van der Waals surface area contributed by atoms with Crippen molar-refractivity contribution in [2.24, 2.45) is 0 Å². The van der Waals surface area contributed by atoms with Gasteiger partial charge in [-0.05, 0) is 41.0 Å². The zero-order valence-electron chi connectivity index (χ0n) is 10.00. The summed E-state index contributed by atoms with van der Waals surface area (Å²) >= 11 is 6.41. The quantitative estimate of drug-likeness (QED) is 0.319. The molecule has 0 radical (unpaired) electrons. The molecule has 1 aromatic carbocycles. The summed E-state index contributed by atoms with van der Waals surface area (Å²) in [6, 6.07) is 4.65. The van der Waals surface area contributed by atoms with Crippen molar-refractivity contribution < 1.29 is 4.39 Å². The monoisotopic (exact) mass is 465 g/mol. The summed E-state index contributed by atoms with van der Waals surface area (Å²) in [7, 11) is 0. The lowest BCUT2D eigenvalue weighted by atomic mass is 10.1. The highest BCUT2D eigenvalue weighted by Gasteiger charge is 2.17. The van der Waals surface area contributed by atoms with Gasteiger partial charge in [0.2, 0.25) is 0 Å². The van der Waals surface area contributed by atoms with E-state index < -0.39 is 11.4 Å². The number of aromatic nitrogens is 2. The van der Waals surface area contributed by atoms with Crippen LogP contribution in [-0.2, 0) is 0 Å². The lowest BCUT2D eigenvalue weighted by Crippen LogP contribution is -2.14. The van der Waals surface area contributed by atoms with Gasteiger partial charge in [-0.3, -0.25) is 4.79 Å². The van der Waals surface area contributed by atoms with Gasteiger partial charge in [0.25, 0.3) is 5.56 Å². The zero-order valence-corrected chi connectivity index (χ0v) is 14.6. The van der Waals surface area contributed by atoms with Crippen molar-refractivity contribution in [1.82, 2.24) is 9.97 Å². The Morgan fingerprint density at radius 2 is 2.25 bits per heavy atom. The summed E-state index contributed by atoms with van der Waals surface area (Å²) in [4.78, 5) is 18.6. The number of hydrogen-bond acceptors (Lipinski definition) is 4. The Morgan fingerprint density at radius 3 is 2.85 bits per heavy atom. The van der Waals surface area contributed by atoms with Crippen molar-refractivity contribution in [3.63, 3.8) is 0 Å². The average Bonchev–Trinajstić information content (AvgIpc) is 2.42. The van der Waals surface area contributed by atoms with E-state index in [1.165, 1.54) is 17.8 Å². The van der Waals surface area contributed by atoms with E-state index in [0.717, 1.165) is 0 Å². The van der Waals surface area contributed by atoms with Crippen molar-refractivity contribution in [2.75, 3.05) is 6.26 Å². The molecule has 0 unspecified atom stereocenters. The summed E-state index contributed by atoms with van der Waals surface area (Å²) in [5.74, 6) is -0.430. The highest BCUT2D eigenvalue weighted by atomic mass is 127. The molecule has 1 N–H and O–H groups in total. The number of nitrogens with one attached hydrogen (secondary N) is 1. The number of aromatic amines is 1. The molecule has 0 bridgehead atoms. The van der Waals surface area contributed by atoms with Gasteiger partial charge >= 0.3 is 0 Å². The molecule has 4 nitrogen and oxygen atoms in total. The Bertz CT molecular complexity index is 787. The highest BCUT2D eigenvalue weighted by molar-refractivity contribution is 14.1. The number of nitrogens with zero attached hydrogens (tertiary/aromatic N) is 2. The maximum atomic E-state index is 13.7. The van der Waals surface area contributed by atoms with E-state index in [0.29, 0.717) is 18.8 Å². The van der Waals surface area contributed by atoms with Crippen LogP contribution >= 0.6 is 50.3 Å². The standard InChI is InChI=1S/C12H6BrFIN3OS/c1-20-12-17-10(6(4-16)11(19)18-12)5-2-8(14)9(15)3-7(5)13/h2-3H,1H3,(H,17,18,19). The van der Waals surface area contributed by atoms with Crippen LogP contribution < -0.4 is 5.56 Å². The van der Waals surface area contributed by atoms with E-state index in [1.54, 1.807) is 12.3 Å². The van der Waals surface area contributed by atoms with Gasteiger partial charge in [0.15, 0.2) is 5.16 Å². The summed E-state index contributed by atoms with van der Waals surface area (Å²) < 4.78 is 14.7. The lowest BCUT2D eigenvalue weighted by Gasteiger charge is -2.08. The molecule has 102 valence electrons. The summed E-state index contributed by atoms with van der Waals surface area (Å²) in [5, 5.41) is 9.48. The normalized spacial score (nSPS) is 10.3. The molecule has 0 saturated heterocycles. The topological polar surface area (TPSA) is 69.5 Å². The van der Waals surface area contributed by atoms with Crippen LogP contribution in [0.3, 0.4) is 0 Å². The first-order chi connectivity index (χ1) is 9.47. The number of thioether (sulfide) groups is 1. The minimum atomic E-state index is -0.535. The molecule has 20 heavy (non-hydrogen) atoms. The van der Waals surface area contributed by atoms with Gasteiger partial charge in [-0.15, -0.1) is 0 Å². The van der Waals surface area contributed by atoms with E-state index in [-0.39, 0.29) is 11.3 Å². The molecule has 0 amide bonds. The minimum Gasteiger partial charge on any atom is -0.300 e. The second-order valence-electron chi connectivity index (χ2n) is 3.66. The van der Waals surface area contributed by atoms with E-state index in [1.807, 2.05) is 28.7 Å². The Labute approximate surface area is 140 Å². The third-order valence-electron chi connectivity index (χ3n) is 2.47. The fourth-order valence-corrected chi connectivity index (χ4v) is 3.36. The van der Waals surface area contributed by atoms with Gasteiger partial charge in [0.05, 0.1) is 5.69 Å². The van der Waals surface area contributed by atoms with Gasteiger partial charge in [-0.2, -0.15) is 5.26 Å². The Balaban J connectivity index is 2.82. The van der Waals surface area contributed by atoms with Crippen molar-refractivity contribution in [3.05, 3.63) is 41.9 Å². The summed E-state index contributed by atoms with van der Waals surface area (Å²) in [5.41, 5.74) is -0.125. The Morgan fingerprint density at radius 1 is 1.55 bits per heavy atom. The van der Waals surface area contributed by atoms with Gasteiger partial charge in [-0.25, -0.2) is 9.37 Å². The molecular weight excluding hydrogens is 460 g/mol. The molecule has 0 aliphatic rings. The van der Waals surface area contributed by atoms with E-state index in [4.69, 9.17) is 5.26 Å². The van der Waals surface area contributed by atoms with Crippen molar-refractivity contribution in [2.45, 2.75) is 5.16 Å². The third kappa shape index (κ3) is 2.89. The number of halogens is 3. The average molecular weight is 466 g/mol. The second kappa shape index (κ2) is 6.24. The molecule has 2 aromatic rings. The van der Waals surface area contributed by atoms with Crippen LogP contribution in [0.2, 0.25) is 0 Å². The largest absolute Gasteiger partial charge is 0.300 e. The highest BCUT2D eigenvalue weighted by Crippen LogP contribution is 2.31. The van der Waals surface area contributed by atoms with Crippen LogP contribution in [0, 0.1) is 20.7 Å². The molecule has 0 saturated carbocycles. The van der Waals surface area contributed by atoms with E-state index in [2.05, 4.69) is 25.9 Å². The maximum Gasteiger partial charge on any atom is 0.270 e. The first-order valence-corrected chi connectivity index (χ1v) is 8.31. The second-order valence-corrected chi connectivity index (χ2v) is 6.47. The molecule has 2 rings (SSSR count). The molecule has 0 aliphatic heterocycles.